The maximum Gasteiger partial charge on any atom is 0.244 e. The molecule has 2 N–H and O–H groups in total. The number of hydrogen-bond donors (Lipinski definition) is 2. The van der Waals surface area contributed by atoms with E-state index in [4.69, 9.17) is 0 Å². The first kappa shape index (κ1) is 17.3. The highest BCUT2D eigenvalue weighted by atomic mass is 32.2. The third-order valence-corrected chi connectivity index (χ3v) is 4.11. The van der Waals surface area contributed by atoms with E-state index in [1.807, 2.05) is 60.9 Å². The summed E-state index contributed by atoms with van der Waals surface area (Å²) in [6.45, 7) is 0.240. The van der Waals surface area contributed by atoms with E-state index >= 15 is 0 Å². The fourth-order valence-electron chi connectivity index (χ4n) is 2.12. The summed E-state index contributed by atoms with van der Waals surface area (Å²) in [6, 6.07) is 17.7. The van der Waals surface area contributed by atoms with Crippen molar-refractivity contribution in [1.29, 1.82) is 0 Å². The van der Waals surface area contributed by atoms with Crippen LogP contribution in [0, 0.1) is 0 Å². The Kier molecular flexibility index (Phi) is 6.91. The molecule has 0 aromatic heterocycles. The maximum atomic E-state index is 11.8. The van der Waals surface area contributed by atoms with Crippen LogP contribution in [0.25, 0.3) is 6.08 Å². The summed E-state index contributed by atoms with van der Waals surface area (Å²) in [5, 5.41) is 12.7. The van der Waals surface area contributed by atoms with E-state index in [0.717, 1.165) is 11.1 Å². The van der Waals surface area contributed by atoms with Gasteiger partial charge < -0.3 is 10.4 Å². The molecule has 0 radical (unpaired) electrons. The molecule has 1 atom stereocenters. The van der Waals surface area contributed by atoms with Crippen molar-refractivity contribution in [3.05, 3.63) is 71.8 Å². The lowest BCUT2D eigenvalue weighted by molar-refractivity contribution is -0.116. The molecule has 2 rings (SSSR count). The molecule has 3 nitrogen and oxygen atoms in total. The standard InChI is InChI=1S/C19H21NO2S/c1-23-18-10-7-15(8-11-18)9-12-19(22)20-14-17(21)13-16-5-3-2-4-6-16/h2-12,17,21H,13-14H2,1H3,(H,20,22)/b12-9+/t17-/m1/s1. The van der Waals surface area contributed by atoms with Gasteiger partial charge in [0.2, 0.25) is 5.91 Å². The van der Waals surface area contributed by atoms with E-state index in [0.29, 0.717) is 6.42 Å². The predicted octanol–water partition coefficient (Wildman–Crippen LogP) is 3.14. The van der Waals surface area contributed by atoms with Crippen LogP contribution in [0.2, 0.25) is 0 Å². The summed E-state index contributed by atoms with van der Waals surface area (Å²) in [5.74, 6) is -0.203. The number of thioether (sulfide) groups is 1. The van der Waals surface area contributed by atoms with Crippen molar-refractivity contribution < 1.29 is 9.90 Å². The van der Waals surface area contributed by atoms with Crippen LogP contribution in [0.1, 0.15) is 11.1 Å². The monoisotopic (exact) mass is 327 g/mol. The van der Waals surface area contributed by atoms with Crippen molar-refractivity contribution in [3.8, 4) is 0 Å². The van der Waals surface area contributed by atoms with Crippen molar-refractivity contribution in [2.45, 2.75) is 17.4 Å². The van der Waals surface area contributed by atoms with Crippen molar-refractivity contribution in [2.24, 2.45) is 0 Å². The Bertz CT molecular complexity index is 638. The maximum absolute atomic E-state index is 11.8. The van der Waals surface area contributed by atoms with Crippen LogP contribution in [0.15, 0.2) is 65.6 Å². The van der Waals surface area contributed by atoms with Crippen molar-refractivity contribution in [2.75, 3.05) is 12.8 Å². The third kappa shape index (κ3) is 6.30. The molecular weight excluding hydrogens is 306 g/mol. The van der Waals surface area contributed by atoms with E-state index < -0.39 is 6.10 Å². The molecule has 2 aromatic carbocycles. The molecule has 2 aromatic rings. The smallest absolute Gasteiger partial charge is 0.244 e. The zero-order valence-corrected chi connectivity index (χ0v) is 13.9. The van der Waals surface area contributed by atoms with Gasteiger partial charge in [-0.1, -0.05) is 42.5 Å². The van der Waals surface area contributed by atoms with Crippen LogP contribution in [0.3, 0.4) is 0 Å². The van der Waals surface area contributed by atoms with E-state index in [9.17, 15) is 9.90 Å². The predicted molar refractivity (Wildman–Crippen MR) is 96.4 cm³/mol. The highest BCUT2D eigenvalue weighted by Gasteiger charge is 2.06. The number of hydrogen-bond acceptors (Lipinski definition) is 3. The molecule has 0 unspecified atom stereocenters. The second-order valence-corrected chi connectivity index (χ2v) is 6.07. The summed E-state index contributed by atoms with van der Waals surface area (Å²) in [7, 11) is 0. The van der Waals surface area contributed by atoms with E-state index in [1.165, 1.54) is 11.0 Å². The van der Waals surface area contributed by atoms with E-state index in [-0.39, 0.29) is 12.5 Å². The molecule has 0 aliphatic heterocycles. The number of carbonyl (C=O) groups is 1. The topological polar surface area (TPSA) is 49.3 Å². The molecule has 0 bridgehead atoms. The van der Waals surface area contributed by atoms with Crippen molar-refractivity contribution in [3.63, 3.8) is 0 Å². The average molecular weight is 327 g/mol. The van der Waals surface area contributed by atoms with Gasteiger partial charge in [0.1, 0.15) is 0 Å². The number of nitrogens with one attached hydrogen (secondary N) is 1. The normalized spacial score (nSPS) is 12.3. The molecule has 0 aliphatic rings. The minimum Gasteiger partial charge on any atom is -0.391 e. The second kappa shape index (κ2) is 9.18. The van der Waals surface area contributed by atoms with Crippen molar-refractivity contribution in [1.82, 2.24) is 5.32 Å². The zero-order chi connectivity index (χ0) is 16.5. The summed E-state index contributed by atoms with van der Waals surface area (Å²) in [6.07, 6.45) is 5.22. The molecule has 120 valence electrons. The Balaban J connectivity index is 1.76. The molecule has 0 aliphatic carbocycles. The Morgan fingerprint density at radius 2 is 1.87 bits per heavy atom. The van der Waals surface area contributed by atoms with Gasteiger partial charge >= 0.3 is 0 Å². The Morgan fingerprint density at radius 1 is 1.17 bits per heavy atom. The van der Waals surface area contributed by atoms with Crippen LogP contribution >= 0.6 is 11.8 Å². The number of benzene rings is 2. The largest absolute Gasteiger partial charge is 0.391 e. The highest BCUT2D eigenvalue weighted by molar-refractivity contribution is 7.98. The number of aliphatic hydroxyl groups excluding tert-OH is 1. The van der Waals surface area contributed by atoms with Crippen molar-refractivity contribution >= 4 is 23.7 Å². The molecule has 4 heteroatoms. The summed E-state index contributed by atoms with van der Waals surface area (Å²) in [5.41, 5.74) is 2.03. The molecule has 1 amide bonds. The number of carbonyl (C=O) groups excluding carboxylic acids is 1. The van der Waals surface area contributed by atoms with Gasteiger partial charge in [-0.2, -0.15) is 0 Å². The number of rotatable bonds is 7. The first-order valence-electron chi connectivity index (χ1n) is 7.49. The Hall–Kier alpha value is -2.04. The molecule has 0 heterocycles. The van der Waals surface area contributed by atoms with Crippen LogP contribution < -0.4 is 5.32 Å². The number of amides is 1. The highest BCUT2D eigenvalue weighted by Crippen LogP contribution is 2.15. The number of aliphatic hydroxyl groups is 1. The average Bonchev–Trinajstić information content (AvgIpc) is 2.59. The fraction of sp³-hybridized carbons (Fsp3) is 0.211. The zero-order valence-electron chi connectivity index (χ0n) is 13.1. The third-order valence-electron chi connectivity index (χ3n) is 3.37. The first-order valence-corrected chi connectivity index (χ1v) is 8.72. The lowest BCUT2D eigenvalue weighted by Crippen LogP contribution is -2.32. The van der Waals surface area contributed by atoms with Crippen LogP contribution in [0.4, 0.5) is 0 Å². The summed E-state index contributed by atoms with van der Waals surface area (Å²) < 4.78 is 0. The molecule has 0 spiro atoms. The van der Waals surface area contributed by atoms with E-state index in [1.54, 1.807) is 17.8 Å². The molecule has 23 heavy (non-hydrogen) atoms. The van der Waals surface area contributed by atoms with Gasteiger partial charge in [0.05, 0.1) is 6.10 Å². The first-order chi connectivity index (χ1) is 11.2. The van der Waals surface area contributed by atoms with Crippen LogP contribution in [0.5, 0.6) is 0 Å². The molecule has 0 fully saturated rings. The Labute approximate surface area is 141 Å². The van der Waals surface area contributed by atoms with E-state index in [2.05, 4.69) is 5.32 Å². The molecule has 0 saturated heterocycles. The molecule has 0 saturated carbocycles. The summed E-state index contributed by atoms with van der Waals surface area (Å²) >= 11 is 1.68. The van der Waals surface area contributed by atoms with Gasteiger partial charge in [-0.3, -0.25) is 4.79 Å². The lowest BCUT2D eigenvalue weighted by Gasteiger charge is -2.10. The van der Waals surface area contributed by atoms with Gasteiger partial charge in [-0.15, -0.1) is 11.8 Å². The quantitative estimate of drug-likeness (QED) is 0.607. The molecular formula is C19H21NO2S. The summed E-state index contributed by atoms with van der Waals surface area (Å²) in [4.78, 5) is 13.0. The van der Waals surface area contributed by atoms with Gasteiger partial charge in [0, 0.05) is 23.9 Å². The lowest BCUT2D eigenvalue weighted by atomic mass is 10.1. The van der Waals surface area contributed by atoms with Gasteiger partial charge in [-0.05, 0) is 35.6 Å². The Morgan fingerprint density at radius 3 is 2.52 bits per heavy atom. The van der Waals surface area contributed by atoms with Gasteiger partial charge in [-0.25, -0.2) is 0 Å². The van der Waals surface area contributed by atoms with Gasteiger partial charge in [0.25, 0.3) is 0 Å². The minimum absolute atomic E-state index is 0.203. The second-order valence-electron chi connectivity index (χ2n) is 5.20. The SMILES string of the molecule is CSc1ccc(/C=C/C(=O)NC[C@H](O)Cc2ccccc2)cc1. The minimum atomic E-state index is -0.587. The van der Waals surface area contributed by atoms with Crippen LogP contribution in [-0.4, -0.2) is 29.9 Å². The van der Waals surface area contributed by atoms with Crippen LogP contribution in [-0.2, 0) is 11.2 Å². The fourth-order valence-corrected chi connectivity index (χ4v) is 2.53. The van der Waals surface area contributed by atoms with Gasteiger partial charge in [0.15, 0.2) is 0 Å².